The number of halogens is 1. The summed E-state index contributed by atoms with van der Waals surface area (Å²) in [5.41, 5.74) is 8.69. The van der Waals surface area contributed by atoms with Gasteiger partial charge in [-0.2, -0.15) is 0 Å². The minimum absolute atomic E-state index is 0.186. The lowest BCUT2D eigenvalue weighted by Crippen LogP contribution is -2.12. The summed E-state index contributed by atoms with van der Waals surface area (Å²) in [6.07, 6.45) is 0. The van der Waals surface area contributed by atoms with Gasteiger partial charge in [0.15, 0.2) is 5.13 Å². The molecule has 0 saturated carbocycles. The number of hydrogen-bond acceptors (Lipinski definition) is 4. The summed E-state index contributed by atoms with van der Waals surface area (Å²) in [4.78, 5) is 16.5. The van der Waals surface area contributed by atoms with Gasteiger partial charge in [0.25, 0.3) is 5.91 Å². The lowest BCUT2D eigenvalue weighted by Gasteiger charge is -2.08. The van der Waals surface area contributed by atoms with Gasteiger partial charge >= 0.3 is 0 Å². The van der Waals surface area contributed by atoms with Crippen molar-refractivity contribution >= 4 is 49.9 Å². The number of carbonyl (C=O) groups excluding carboxylic acids is 1. The molecule has 106 valence electrons. The Balaban J connectivity index is 1.91. The number of anilines is 2. The Morgan fingerprint density at radius 1 is 1.29 bits per heavy atom. The second kappa shape index (κ2) is 5.35. The van der Waals surface area contributed by atoms with Gasteiger partial charge in [-0.1, -0.05) is 29.0 Å². The number of nitrogens with two attached hydrogens (primary N) is 1. The molecule has 0 radical (unpaired) electrons. The van der Waals surface area contributed by atoms with E-state index in [1.54, 1.807) is 30.3 Å². The normalized spacial score (nSPS) is 10.8. The molecule has 0 atom stereocenters. The third kappa shape index (κ3) is 2.84. The van der Waals surface area contributed by atoms with E-state index in [1.807, 2.05) is 13.0 Å². The molecule has 0 aliphatic rings. The van der Waals surface area contributed by atoms with Gasteiger partial charge in [0.05, 0.1) is 10.2 Å². The number of aromatic nitrogens is 1. The first-order valence-corrected chi connectivity index (χ1v) is 7.46. The molecule has 0 unspecified atom stereocenters. The molecule has 3 N–H and O–H groups in total. The number of aryl methyl sites for hydroxylation is 1. The average molecular weight is 318 g/mol. The molecule has 0 aliphatic carbocycles. The SMILES string of the molecule is Cc1ccc(Cl)cc1NC(=O)c1ccc2nc(N)sc2c1. The fraction of sp³-hybridized carbons (Fsp3) is 0.0667. The molecule has 0 saturated heterocycles. The van der Waals surface area contributed by atoms with Crippen molar-refractivity contribution < 1.29 is 4.79 Å². The fourth-order valence-corrected chi connectivity index (χ4v) is 2.95. The zero-order valence-corrected chi connectivity index (χ0v) is 12.8. The van der Waals surface area contributed by atoms with Gasteiger partial charge in [-0.15, -0.1) is 0 Å². The van der Waals surface area contributed by atoms with E-state index in [0.29, 0.717) is 21.4 Å². The van der Waals surface area contributed by atoms with Crippen LogP contribution in [0, 0.1) is 6.92 Å². The summed E-state index contributed by atoms with van der Waals surface area (Å²) in [6.45, 7) is 1.92. The minimum Gasteiger partial charge on any atom is -0.375 e. The molecule has 1 amide bonds. The number of amides is 1. The number of rotatable bonds is 2. The second-order valence-corrected chi connectivity index (χ2v) is 6.15. The lowest BCUT2D eigenvalue weighted by molar-refractivity contribution is 0.102. The third-order valence-corrected chi connectivity index (χ3v) is 4.20. The molecule has 6 heteroatoms. The van der Waals surface area contributed by atoms with E-state index in [1.165, 1.54) is 11.3 Å². The van der Waals surface area contributed by atoms with Crippen LogP contribution >= 0.6 is 22.9 Å². The highest BCUT2D eigenvalue weighted by Crippen LogP contribution is 2.25. The quantitative estimate of drug-likeness (QED) is 0.748. The number of thiazole rings is 1. The van der Waals surface area contributed by atoms with Crippen molar-refractivity contribution in [2.75, 3.05) is 11.1 Å². The Morgan fingerprint density at radius 3 is 2.90 bits per heavy atom. The Morgan fingerprint density at radius 2 is 2.10 bits per heavy atom. The predicted octanol–water partition coefficient (Wildman–Crippen LogP) is 4.09. The number of nitrogens with one attached hydrogen (secondary N) is 1. The number of carbonyl (C=O) groups is 1. The van der Waals surface area contributed by atoms with E-state index in [9.17, 15) is 4.79 Å². The summed E-state index contributed by atoms with van der Waals surface area (Å²) in [7, 11) is 0. The largest absolute Gasteiger partial charge is 0.375 e. The zero-order valence-electron chi connectivity index (χ0n) is 11.2. The Kier molecular flexibility index (Phi) is 3.53. The molecule has 0 aliphatic heterocycles. The first-order valence-electron chi connectivity index (χ1n) is 6.26. The smallest absolute Gasteiger partial charge is 0.255 e. The van der Waals surface area contributed by atoms with Crippen molar-refractivity contribution in [1.82, 2.24) is 4.98 Å². The van der Waals surface area contributed by atoms with Crippen LogP contribution in [0.25, 0.3) is 10.2 Å². The maximum absolute atomic E-state index is 12.3. The van der Waals surface area contributed by atoms with Crippen LogP contribution in [0.3, 0.4) is 0 Å². The van der Waals surface area contributed by atoms with Crippen molar-refractivity contribution in [3.63, 3.8) is 0 Å². The molecule has 21 heavy (non-hydrogen) atoms. The van der Waals surface area contributed by atoms with Gasteiger partial charge in [0.2, 0.25) is 0 Å². The van der Waals surface area contributed by atoms with E-state index in [0.717, 1.165) is 15.8 Å². The van der Waals surface area contributed by atoms with Gasteiger partial charge in [0, 0.05) is 16.3 Å². The summed E-state index contributed by atoms with van der Waals surface area (Å²) in [5, 5.41) is 3.95. The van der Waals surface area contributed by atoms with Crippen LogP contribution in [0.1, 0.15) is 15.9 Å². The molecule has 4 nitrogen and oxygen atoms in total. The maximum atomic E-state index is 12.3. The molecule has 2 aromatic carbocycles. The lowest BCUT2D eigenvalue weighted by atomic mass is 10.1. The average Bonchev–Trinajstić information content (AvgIpc) is 2.81. The van der Waals surface area contributed by atoms with Gasteiger partial charge < -0.3 is 11.1 Å². The van der Waals surface area contributed by atoms with Crippen molar-refractivity contribution in [2.45, 2.75) is 6.92 Å². The Bertz CT molecular complexity index is 844. The predicted molar refractivity (Wildman–Crippen MR) is 88.2 cm³/mol. The number of fused-ring (bicyclic) bond motifs is 1. The molecule has 1 aromatic heterocycles. The van der Waals surface area contributed by atoms with Crippen molar-refractivity contribution in [2.24, 2.45) is 0 Å². The van der Waals surface area contributed by atoms with Crippen LogP contribution in [-0.4, -0.2) is 10.9 Å². The monoisotopic (exact) mass is 317 g/mol. The van der Waals surface area contributed by atoms with Crippen LogP contribution in [0.15, 0.2) is 36.4 Å². The first-order chi connectivity index (χ1) is 10.0. The van der Waals surface area contributed by atoms with Crippen LogP contribution in [-0.2, 0) is 0 Å². The third-order valence-electron chi connectivity index (χ3n) is 3.11. The van der Waals surface area contributed by atoms with Gasteiger partial charge in [0.1, 0.15) is 0 Å². The van der Waals surface area contributed by atoms with E-state index < -0.39 is 0 Å². The van der Waals surface area contributed by atoms with E-state index in [2.05, 4.69) is 10.3 Å². The van der Waals surface area contributed by atoms with E-state index in [4.69, 9.17) is 17.3 Å². The summed E-state index contributed by atoms with van der Waals surface area (Å²) in [6, 6.07) is 10.7. The van der Waals surface area contributed by atoms with Crippen LogP contribution in [0.4, 0.5) is 10.8 Å². The van der Waals surface area contributed by atoms with Gasteiger partial charge in [-0.25, -0.2) is 4.98 Å². The van der Waals surface area contributed by atoms with Crippen molar-refractivity contribution in [3.05, 3.63) is 52.5 Å². The molecule has 3 aromatic rings. The molecule has 3 rings (SSSR count). The Labute approximate surface area is 130 Å². The highest BCUT2D eigenvalue weighted by Gasteiger charge is 2.10. The zero-order chi connectivity index (χ0) is 15.0. The first kappa shape index (κ1) is 13.9. The van der Waals surface area contributed by atoms with E-state index in [-0.39, 0.29) is 5.91 Å². The number of hydrogen-bond donors (Lipinski definition) is 2. The molecule has 0 bridgehead atoms. The molecule has 0 fully saturated rings. The van der Waals surface area contributed by atoms with E-state index >= 15 is 0 Å². The van der Waals surface area contributed by atoms with Crippen LogP contribution < -0.4 is 11.1 Å². The van der Waals surface area contributed by atoms with Crippen molar-refractivity contribution in [1.29, 1.82) is 0 Å². The summed E-state index contributed by atoms with van der Waals surface area (Å²) in [5.74, 6) is -0.186. The fourth-order valence-electron chi connectivity index (χ4n) is 2.01. The number of nitrogen functional groups attached to an aromatic ring is 1. The van der Waals surface area contributed by atoms with Gasteiger partial charge in [-0.3, -0.25) is 4.79 Å². The summed E-state index contributed by atoms with van der Waals surface area (Å²) < 4.78 is 0.892. The van der Waals surface area contributed by atoms with Crippen LogP contribution in [0.2, 0.25) is 5.02 Å². The highest BCUT2D eigenvalue weighted by atomic mass is 35.5. The molecular weight excluding hydrogens is 306 g/mol. The Hall–Kier alpha value is -2.11. The maximum Gasteiger partial charge on any atom is 0.255 e. The van der Waals surface area contributed by atoms with Gasteiger partial charge in [-0.05, 0) is 42.8 Å². The second-order valence-electron chi connectivity index (χ2n) is 4.65. The number of benzene rings is 2. The standard InChI is InChI=1S/C15H12ClN3OS/c1-8-2-4-10(16)7-12(8)18-14(20)9-3-5-11-13(6-9)21-15(17)19-11/h2-7H,1H3,(H2,17,19)(H,18,20). The van der Waals surface area contributed by atoms with Crippen LogP contribution in [0.5, 0.6) is 0 Å². The minimum atomic E-state index is -0.186. The molecule has 0 spiro atoms. The molecular formula is C15H12ClN3OS. The highest BCUT2D eigenvalue weighted by molar-refractivity contribution is 7.22. The topological polar surface area (TPSA) is 68.0 Å². The molecule has 1 heterocycles. The number of nitrogens with zero attached hydrogens (tertiary/aromatic N) is 1. The summed E-state index contributed by atoms with van der Waals surface area (Å²) >= 11 is 7.32. The van der Waals surface area contributed by atoms with Crippen molar-refractivity contribution in [3.8, 4) is 0 Å².